The lowest BCUT2D eigenvalue weighted by Crippen LogP contribution is -2.50. The van der Waals surface area contributed by atoms with Gasteiger partial charge in [0.25, 0.3) is 6.43 Å². The molecule has 0 unspecified atom stereocenters. The number of aromatic nitrogens is 2. The number of methoxy groups -OCH3 is 2. The zero-order valence-electron chi connectivity index (χ0n) is 20.7. The largest absolute Gasteiger partial charge is 0.453 e. The van der Waals surface area contributed by atoms with Crippen molar-refractivity contribution in [1.29, 1.82) is 0 Å². The zero-order chi connectivity index (χ0) is 26.0. The molecule has 1 aromatic carbocycles. The number of hydrogen-bond donors (Lipinski definition) is 1. The highest BCUT2D eigenvalue weighted by atomic mass is 19.3. The Kier molecular flexibility index (Phi) is 7.39. The van der Waals surface area contributed by atoms with Gasteiger partial charge in [-0.25, -0.2) is 27.9 Å². The first-order valence-corrected chi connectivity index (χ1v) is 11.7. The van der Waals surface area contributed by atoms with E-state index in [0.717, 1.165) is 11.6 Å². The molecule has 0 saturated carbocycles. The van der Waals surface area contributed by atoms with Crippen molar-refractivity contribution in [3.63, 3.8) is 0 Å². The lowest BCUT2D eigenvalue weighted by Gasteiger charge is -2.44. The molecular weight excluding hydrogens is 475 g/mol. The van der Waals surface area contributed by atoms with Crippen molar-refractivity contribution in [2.75, 3.05) is 51.1 Å². The normalized spacial score (nSPS) is 17.9. The molecule has 1 amide bonds. The average Bonchev–Trinajstić information content (AvgIpc) is 2.88. The molecule has 11 heteroatoms. The maximum absolute atomic E-state index is 14.8. The van der Waals surface area contributed by atoms with Crippen molar-refractivity contribution in [2.24, 2.45) is 0 Å². The topological polar surface area (TPSA) is 79.8 Å². The predicted octanol–water partition coefficient (Wildman–Crippen LogP) is 4.81. The molecule has 0 radical (unpaired) electrons. The van der Waals surface area contributed by atoms with Crippen LogP contribution in [0.2, 0.25) is 0 Å². The molecule has 2 aliphatic rings. The summed E-state index contributed by atoms with van der Waals surface area (Å²) in [6.45, 7) is 3.23. The Labute approximate surface area is 208 Å². The predicted molar refractivity (Wildman–Crippen MR) is 130 cm³/mol. The lowest BCUT2D eigenvalue weighted by atomic mass is 9.81. The number of alkyl halides is 2. The van der Waals surface area contributed by atoms with Crippen LogP contribution in [0.5, 0.6) is 0 Å². The quantitative estimate of drug-likeness (QED) is 0.604. The van der Waals surface area contributed by atoms with Crippen molar-refractivity contribution in [3.05, 3.63) is 52.6 Å². The number of nitrogens with zero attached hydrogens (tertiary/aromatic N) is 4. The summed E-state index contributed by atoms with van der Waals surface area (Å²) in [5, 5.41) is 3.18. The monoisotopic (exact) mass is 505 g/mol. The van der Waals surface area contributed by atoms with Crippen molar-refractivity contribution < 1.29 is 27.4 Å². The van der Waals surface area contributed by atoms with E-state index in [1.807, 2.05) is 18.0 Å². The molecule has 1 fully saturated rings. The molecule has 0 bridgehead atoms. The van der Waals surface area contributed by atoms with Gasteiger partial charge < -0.3 is 24.6 Å². The maximum Gasteiger partial charge on any atom is 0.409 e. The Bertz CT molecular complexity index is 1150. The number of nitrogens with one attached hydrogen (secondary N) is 1. The van der Waals surface area contributed by atoms with Crippen LogP contribution in [0.4, 0.5) is 29.6 Å². The molecule has 8 nitrogen and oxygen atoms in total. The molecular formula is C25H30F3N5O3. The number of piperidine rings is 1. The molecule has 1 N–H and O–H groups in total. The van der Waals surface area contributed by atoms with Crippen LogP contribution in [-0.2, 0) is 9.47 Å². The third-order valence-corrected chi connectivity index (χ3v) is 7.04. The van der Waals surface area contributed by atoms with Crippen LogP contribution in [-0.4, -0.2) is 67.5 Å². The Morgan fingerprint density at radius 1 is 1.17 bits per heavy atom. The summed E-state index contributed by atoms with van der Waals surface area (Å²) in [5.41, 5.74) is 0.601. The molecule has 2 aromatic rings. The summed E-state index contributed by atoms with van der Waals surface area (Å²) >= 11 is 0. The van der Waals surface area contributed by atoms with Gasteiger partial charge in [0.1, 0.15) is 23.8 Å². The Morgan fingerprint density at radius 2 is 1.86 bits per heavy atom. The highest BCUT2D eigenvalue weighted by Crippen LogP contribution is 2.40. The summed E-state index contributed by atoms with van der Waals surface area (Å²) in [7, 11) is 4.93. The van der Waals surface area contributed by atoms with Crippen LogP contribution < -0.4 is 10.2 Å². The van der Waals surface area contributed by atoms with Gasteiger partial charge in [-0.1, -0.05) is 18.2 Å². The number of rotatable bonds is 6. The van der Waals surface area contributed by atoms with Crippen LogP contribution in [0.25, 0.3) is 6.08 Å². The van der Waals surface area contributed by atoms with Gasteiger partial charge in [0.05, 0.1) is 29.9 Å². The number of amides is 1. The minimum atomic E-state index is -2.90. The first kappa shape index (κ1) is 25.7. The summed E-state index contributed by atoms with van der Waals surface area (Å²) in [6, 6.07) is 3.35. The standard InChI is InChI=1S/C25H30F3N5O3/c1-15(17-6-5-7-18(20(17)26)21(27)28)31-22-19-12-16(13-32(2)23(19)30-14-29-22)25(36-4)8-10-33(11-9-25)24(34)35-3/h5-7,12,14-15,21H,8-11,13H2,1-4H3,(H,29,30,31)/t15-/m1/s1. The fourth-order valence-electron chi connectivity index (χ4n) is 4.95. The van der Waals surface area contributed by atoms with Crippen molar-refractivity contribution in [3.8, 4) is 0 Å². The number of likely N-dealkylation sites (tertiary alicyclic amines) is 1. The highest BCUT2D eigenvalue weighted by molar-refractivity contribution is 5.79. The molecule has 2 aliphatic heterocycles. The van der Waals surface area contributed by atoms with Crippen LogP contribution in [0, 0.1) is 5.82 Å². The van der Waals surface area contributed by atoms with Crippen molar-refractivity contribution in [2.45, 2.75) is 37.8 Å². The number of halogens is 3. The molecule has 36 heavy (non-hydrogen) atoms. The van der Waals surface area contributed by atoms with E-state index in [0.29, 0.717) is 49.7 Å². The minimum Gasteiger partial charge on any atom is -0.453 e. The molecule has 4 rings (SSSR count). The third kappa shape index (κ3) is 4.71. The fraction of sp³-hybridized carbons (Fsp3) is 0.480. The summed E-state index contributed by atoms with van der Waals surface area (Å²) in [5.74, 6) is 0.208. The van der Waals surface area contributed by atoms with Crippen LogP contribution in [0.1, 0.15) is 48.9 Å². The second-order valence-electron chi connectivity index (χ2n) is 9.06. The number of carbonyl (C=O) groups excluding carboxylic acids is 1. The van der Waals surface area contributed by atoms with Gasteiger partial charge in [-0.05, 0) is 31.4 Å². The molecule has 194 valence electrons. The van der Waals surface area contributed by atoms with E-state index in [1.165, 1.54) is 25.6 Å². The first-order chi connectivity index (χ1) is 17.2. The van der Waals surface area contributed by atoms with Crippen LogP contribution >= 0.6 is 0 Å². The van der Waals surface area contributed by atoms with Gasteiger partial charge in [-0.3, -0.25) is 0 Å². The van der Waals surface area contributed by atoms with E-state index in [2.05, 4.69) is 15.3 Å². The molecule has 1 atom stereocenters. The zero-order valence-corrected chi connectivity index (χ0v) is 20.7. The fourth-order valence-corrected chi connectivity index (χ4v) is 4.95. The number of carbonyl (C=O) groups is 1. The number of likely N-dealkylation sites (N-methyl/N-ethyl adjacent to an activating group) is 1. The van der Waals surface area contributed by atoms with Gasteiger partial charge in [-0.2, -0.15) is 0 Å². The van der Waals surface area contributed by atoms with Gasteiger partial charge in [0.15, 0.2) is 0 Å². The Morgan fingerprint density at radius 3 is 2.50 bits per heavy atom. The van der Waals surface area contributed by atoms with Crippen molar-refractivity contribution >= 4 is 23.8 Å². The van der Waals surface area contributed by atoms with Gasteiger partial charge in [0.2, 0.25) is 0 Å². The van der Waals surface area contributed by atoms with Gasteiger partial charge in [0, 0.05) is 39.4 Å². The van der Waals surface area contributed by atoms with E-state index < -0.39 is 29.4 Å². The van der Waals surface area contributed by atoms with E-state index >= 15 is 0 Å². The lowest BCUT2D eigenvalue weighted by molar-refractivity contribution is -0.0264. The Balaban J connectivity index is 1.65. The number of fused-ring (bicyclic) bond motifs is 1. The van der Waals surface area contributed by atoms with Crippen molar-refractivity contribution in [1.82, 2.24) is 14.9 Å². The first-order valence-electron chi connectivity index (χ1n) is 11.7. The summed E-state index contributed by atoms with van der Waals surface area (Å²) in [4.78, 5) is 24.4. The second kappa shape index (κ2) is 10.3. The average molecular weight is 506 g/mol. The van der Waals surface area contributed by atoms with E-state index in [1.54, 1.807) is 18.9 Å². The van der Waals surface area contributed by atoms with E-state index in [9.17, 15) is 18.0 Å². The molecule has 1 aromatic heterocycles. The molecule has 0 aliphatic carbocycles. The van der Waals surface area contributed by atoms with Crippen LogP contribution in [0.3, 0.4) is 0 Å². The van der Waals surface area contributed by atoms with E-state index in [-0.39, 0.29) is 11.7 Å². The van der Waals surface area contributed by atoms with Gasteiger partial charge in [-0.15, -0.1) is 0 Å². The number of benzene rings is 1. The number of ether oxygens (including phenoxy) is 2. The number of hydrogen-bond acceptors (Lipinski definition) is 7. The van der Waals surface area contributed by atoms with Crippen LogP contribution in [0.15, 0.2) is 30.1 Å². The number of anilines is 2. The molecule has 3 heterocycles. The summed E-state index contributed by atoms with van der Waals surface area (Å²) in [6.07, 6.45) is 1.30. The second-order valence-corrected chi connectivity index (χ2v) is 9.06. The summed E-state index contributed by atoms with van der Waals surface area (Å²) < 4.78 is 52.1. The molecule has 1 saturated heterocycles. The SMILES string of the molecule is COC(=O)N1CCC(OC)(C2=Cc3c(N[C@H](C)c4cccc(C(F)F)c4F)ncnc3N(C)C2)CC1. The Hall–Kier alpha value is -3.34. The highest BCUT2D eigenvalue weighted by Gasteiger charge is 2.41. The smallest absolute Gasteiger partial charge is 0.409 e. The third-order valence-electron chi connectivity index (χ3n) is 7.04. The van der Waals surface area contributed by atoms with E-state index in [4.69, 9.17) is 9.47 Å². The molecule has 0 spiro atoms. The van der Waals surface area contributed by atoms with Gasteiger partial charge >= 0.3 is 6.09 Å². The maximum atomic E-state index is 14.8. The minimum absolute atomic E-state index is 0.122.